The second kappa shape index (κ2) is 5.08. The molecule has 2 aliphatic rings. The summed E-state index contributed by atoms with van der Waals surface area (Å²) in [6, 6.07) is 0. The van der Waals surface area contributed by atoms with Crippen LogP contribution in [0.4, 0.5) is 0 Å². The Kier molecular flexibility index (Phi) is 3.94. The van der Waals surface area contributed by atoms with Crippen molar-refractivity contribution in [1.82, 2.24) is 5.32 Å². The molecule has 0 radical (unpaired) electrons. The summed E-state index contributed by atoms with van der Waals surface area (Å²) in [5, 5.41) is 3.68. The van der Waals surface area contributed by atoms with Crippen LogP contribution in [0.2, 0.25) is 0 Å². The zero-order valence-electron chi connectivity index (χ0n) is 11.3. The van der Waals surface area contributed by atoms with Gasteiger partial charge in [0.1, 0.15) is 0 Å². The topological polar surface area (TPSA) is 12.0 Å². The molecule has 0 aromatic rings. The van der Waals surface area contributed by atoms with Gasteiger partial charge in [-0.2, -0.15) is 0 Å². The normalized spacial score (nSPS) is 36.4. The highest BCUT2D eigenvalue weighted by atomic mass is 14.9. The highest BCUT2D eigenvalue weighted by Gasteiger charge is 2.43. The second-order valence-electron chi connectivity index (χ2n) is 6.67. The molecule has 1 heteroatoms. The van der Waals surface area contributed by atoms with Gasteiger partial charge in [-0.3, -0.25) is 0 Å². The number of hydrogen-bond acceptors (Lipinski definition) is 1. The standard InChI is InChI=1S/C15H29N/c1-14(9-5-3-4-6-10-14)15(2)11-7-8-12-16-13-15/h16H,3-13H2,1-2H3. The van der Waals surface area contributed by atoms with Crippen LogP contribution >= 0.6 is 0 Å². The van der Waals surface area contributed by atoms with E-state index < -0.39 is 0 Å². The van der Waals surface area contributed by atoms with Gasteiger partial charge in [0.2, 0.25) is 0 Å². The molecule has 94 valence electrons. The van der Waals surface area contributed by atoms with Crippen LogP contribution in [0.1, 0.15) is 71.6 Å². The molecule has 1 heterocycles. The summed E-state index contributed by atoms with van der Waals surface area (Å²) in [5.41, 5.74) is 1.15. The lowest BCUT2D eigenvalue weighted by molar-refractivity contribution is 0.0461. The number of nitrogens with one attached hydrogen (secondary N) is 1. The molecule has 1 unspecified atom stereocenters. The number of hydrogen-bond donors (Lipinski definition) is 1. The minimum Gasteiger partial charge on any atom is -0.316 e. The van der Waals surface area contributed by atoms with Crippen LogP contribution in [0, 0.1) is 10.8 Å². The minimum absolute atomic E-state index is 0.549. The van der Waals surface area contributed by atoms with Crippen LogP contribution in [0.5, 0.6) is 0 Å². The molecule has 0 amide bonds. The fraction of sp³-hybridized carbons (Fsp3) is 1.00. The fourth-order valence-corrected chi connectivity index (χ4v) is 3.85. The average Bonchev–Trinajstić information content (AvgIpc) is 2.61. The highest BCUT2D eigenvalue weighted by molar-refractivity contribution is 4.95. The van der Waals surface area contributed by atoms with Crippen LogP contribution in [-0.4, -0.2) is 13.1 Å². The van der Waals surface area contributed by atoms with Crippen LogP contribution in [0.25, 0.3) is 0 Å². The molecule has 1 aliphatic carbocycles. The third-order valence-electron chi connectivity index (χ3n) is 5.51. The van der Waals surface area contributed by atoms with Gasteiger partial charge in [-0.15, -0.1) is 0 Å². The van der Waals surface area contributed by atoms with Crippen molar-refractivity contribution in [1.29, 1.82) is 0 Å². The van der Waals surface area contributed by atoms with Gasteiger partial charge in [0, 0.05) is 6.54 Å². The molecule has 1 atom stereocenters. The molecular weight excluding hydrogens is 194 g/mol. The Balaban J connectivity index is 2.11. The van der Waals surface area contributed by atoms with Gasteiger partial charge in [-0.25, -0.2) is 0 Å². The van der Waals surface area contributed by atoms with Crippen molar-refractivity contribution >= 4 is 0 Å². The molecule has 1 saturated heterocycles. The fourth-order valence-electron chi connectivity index (χ4n) is 3.85. The maximum Gasteiger partial charge on any atom is 0.00104 e. The lowest BCUT2D eigenvalue weighted by Gasteiger charge is -2.46. The van der Waals surface area contributed by atoms with Gasteiger partial charge in [0.15, 0.2) is 0 Å². The summed E-state index contributed by atoms with van der Waals surface area (Å²) in [4.78, 5) is 0. The molecule has 0 aromatic heterocycles. The van der Waals surface area contributed by atoms with E-state index in [1.807, 2.05) is 0 Å². The first-order valence-corrected chi connectivity index (χ1v) is 7.37. The first-order chi connectivity index (χ1) is 7.66. The first-order valence-electron chi connectivity index (χ1n) is 7.37. The average molecular weight is 223 g/mol. The molecule has 2 fully saturated rings. The molecule has 0 aromatic carbocycles. The van der Waals surface area contributed by atoms with Crippen LogP contribution < -0.4 is 5.32 Å². The molecule has 0 bridgehead atoms. The Bertz CT molecular complexity index is 181. The Morgan fingerprint density at radius 3 is 1.94 bits per heavy atom. The highest BCUT2D eigenvalue weighted by Crippen LogP contribution is 2.51. The zero-order chi connectivity index (χ0) is 11.5. The van der Waals surface area contributed by atoms with Gasteiger partial charge in [0.25, 0.3) is 0 Å². The van der Waals surface area contributed by atoms with E-state index in [4.69, 9.17) is 0 Å². The Hall–Kier alpha value is -0.0400. The van der Waals surface area contributed by atoms with E-state index in [-0.39, 0.29) is 0 Å². The van der Waals surface area contributed by atoms with E-state index in [0.717, 1.165) is 0 Å². The smallest absolute Gasteiger partial charge is 0.00104 e. The molecule has 16 heavy (non-hydrogen) atoms. The molecule has 2 rings (SSSR count). The molecule has 1 nitrogen and oxygen atoms in total. The van der Waals surface area contributed by atoms with Gasteiger partial charge >= 0.3 is 0 Å². The third kappa shape index (κ3) is 2.45. The van der Waals surface area contributed by atoms with Crippen molar-refractivity contribution < 1.29 is 0 Å². The SMILES string of the molecule is CC1(C2(C)CCCCNC2)CCCCCC1. The number of rotatable bonds is 1. The van der Waals surface area contributed by atoms with Crippen molar-refractivity contribution in [2.24, 2.45) is 10.8 Å². The second-order valence-corrected chi connectivity index (χ2v) is 6.67. The van der Waals surface area contributed by atoms with E-state index in [1.54, 1.807) is 0 Å². The van der Waals surface area contributed by atoms with E-state index >= 15 is 0 Å². The molecule has 0 spiro atoms. The van der Waals surface area contributed by atoms with E-state index in [9.17, 15) is 0 Å². The molecule has 1 saturated carbocycles. The predicted octanol–water partition coefficient (Wildman–Crippen LogP) is 4.13. The summed E-state index contributed by atoms with van der Waals surface area (Å²) in [7, 11) is 0. The Morgan fingerprint density at radius 1 is 0.688 bits per heavy atom. The predicted molar refractivity (Wildman–Crippen MR) is 70.6 cm³/mol. The Labute approximate surface area is 101 Å². The maximum absolute atomic E-state index is 3.68. The van der Waals surface area contributed by atoms with E-state index in [2.05, 4.69) is 19.2 Å². The quantitative estimate of drug-likeness (QED) is 0.659. The molecule has 1 aliphatic heterocycles. The Morgan fingerprint density at radius 2 is 1.25 bits per heavy atom. The molecule has 1 N–H and O–H groups in total. The summed E-state index contributed by atoms with van der Waals surface area (Å²) >= 11 is 0. The van der Waals surface area contributed by atoms with Crippen molar-refractivity contribution in [3.8, 4) is 0 Å². The van der Waals surface area contributed by atoms with Crippen molar-refractivity contribution in [2.75, 3.05) is 13.1 Å². The molecular formula is C15H29N. The summed E-state index contributed by atoms with van der Waals surface area (Å²) in [6.07, 6.45) is 13.0. The van der Waals surface area contributed by atoms with E-state index in [0.29, 0.717) is 10.8 Å². The van der Waals surface area contributed by atoms with Crippen LogP contribution in [-0.2, 0) is 0 Å². The maximum atomic E-state index is 3.68. The largest absolute Gasteiger partial charge is 0.316 e. The van der Waals surface area contributed by atoms with Crippen LogP contribution in [0.3, 0.4) is 0 Å². The summed E-state index contributed by atoms with van der Waals surface area (Å²) in [5.74, 6) is 0. The monoisotopic (exact) mass is 223 g/mol. The third-order valence-corrected chi connectivity index (χ3v) is 5.51. The van der Waals surface area contributed by atoms with Gasteiger partial charge in [-0.05, 0) is 43.1 Å². The van der Waals surface area contributed by atoms with Crippen molar-refractivity contribution in [3.63, 3.8) is 0 Å². The van der Waals surface area contributed by atoms with Gasteiger partial charge in [0.05, 0.1) is 0 Å². The summed E-state index contributed by atoms with van der Waals surface area (Å²) < 4.78 is 0. The van der Waals surface area contributed by atoms with E-state index in [1.165, 1.54) is 70.9 Å². The van der Waals surface area contributed by atoms with Gasteiger partial charge < -0.3 is 5.32 Å². The lowest BCUT2D eigenvalue weighted by atomic mass is 9.60. The van der Waals surface area contributed by atoms with Crippen molar-refractivity contribution in [3.05, 3.63) is 0 Å². The zero-order valence-corrected chi connectivity index (χ0v) is 11.3. The summed E-state index contributed by atoms with van der Waals surface area (Å²) in [6.45, 7) is 7.62. The lowest BCUT2D eigenvalue weighted by Crippen LogP contribution is -2.43. The minimum atomic E-state index is 0.549. The van der Waals surface area contributed by atoms with Gasteiger partial charge in [-0.1, -0.05) is 46.0 Å². The van der Waals surface area contributed by atoms with Crippen LogP contribution in [0.15, 0.2) is 0 Å². The first kappa shape index (κ1) is 12.4. The van der Waals surface area contributed by atoms with Crippen molar-refractivity contribution in [2.45, 2.75) is 71.6 Å².